The monoisotopic (exact) mass is 538 g/mol. The van der Waals surface area contributed by atoms with Gasteiger partial charge in [-0.25, -0.2) is 0 Å². The molecule has 1 aromatic heterocycles. The number of thioether (sulfide) groups is 1. The molecule has 0 aliphatic carbocycles. The molecule has 1 saturated heterocycles. The van der Waals surface area contributed by atoms with Crippen LogP contribution < -0.4 is 4.90 Å². The number of halogens is 1. The van der Waals surface area contributed by atoms with Gasteiger partial charge >= 0.3 is 0 Å². The number of nitrogens with zero attached hydrogens (tertiary/aromatic N) is 4. The number of nitro groups is 1. The van der Waals surface area contributed by atoms with Crippen molar-refractivity contribution >= 4 is 56.2 Å². The number of anilines is 1. The van der Waals surface area contributed by atoms with E-state index in [1.54, 1.807) is 24.3 Å². The summed E-state index contributed by atoms with van der Waals surface area (Å²) in [6, 6.07) is 18.3. The molecule has 0 radical (unpaired) electrons. The number of benzene rings is 2. The number of carbonyl (C=O) groups is 1. The third-order valence-electron chi connectivity index (χ3n) is 5.61. The fourth-order valence-electron chi connectivity index (χ4n) is 3.89. The number of amidine groups is 1. The van der Waals surface area contributed by atoms with Crippen molar-refractivity contribution in [3.8, 4) is 11.3 Å². The molecule has 172 valence electrons. The first-order valence-electron chi connectivity index (χ1n) is 10.6. The van der Waals surface area contributed by atoms with Crippen molar-refractivity contribution in [2.24, 2.45) is 4.99 Å². The van der Waals surface area contributed by atoms with E-state index in [0.29, 0.717) is 47.7 Å². The number of piperazine rings is 1. The van der Waals surface area contributed by atoms with Gasteiger partial charge in [0.25, 0.3) is 11.6 Å². The summed E-state index contributed by atoms with van der Waals surface area (Å²) in [7, 11) is 0. The van der Waals surface area contributed by atoms with E-state index in [-0.39, 0.29) is 16.5 Å². The molecule has 1 amide bonds. The van der Waals surface area contributed by atoms with Crippen LogP contribution in [-0.4, -0.2) is 47.1 Å². The standard InChI is InChI=1S/C24H19BrN4O4S/c25-17-7-5-16(6-8-17)21-10-9-18(33-21)15-22-23(30)26-24(34-22)28-13-11-27(12-14-28)19-3-1-2-4-20(19)29(31)32/h1-10,15H,11-14H2/b22-15+. The van der Waals surface area contributed by atoms with Gasteiger partial charge in [0.15, 0.2) is 5.17 Å². The average molecular weight is 539 g/mol. The minimum Gasteiger partial charge on any atom is -0.457 e. The van der Waals surface area contributed by atoms with Crippen molar-refractivity contribution in [3.63, 3.8) is 0 Å². The van der Waals surface area contributed by atoms with Crippen LogP contribution >= 0.6 is 27.7 Å². The van der Waals surface area contributed by atoms with Crippen LogP contribution in [0.4, 0.5) is 11.4 Å². The van der Waals surface area contributed by atoms with Gasteiger partial charge in [-0.3, -0.25) is 14.9 Å². The summed E-state index contributed by atoms with van der Waals surface area (Å²) in [6.45, 7) is 2.44. The Balaban J connectivity index is 1.24. The first-order chi connectivity index (χ1) is 16.5. The molecule has 3 aromatic rings. The van der Waals surface area contributed by atoms with Crippen LogP contribution in [0.2, 0.25) is 0 Å². The molecule has 0 bridgehead atoms. The Bertz CT molecular complexity index is 1310. The molecule has 0 N–H and O–H groups in total. The predicted octanol–water partition coefficient (Wildman–Crippen LogP) is 5.41. The summed E-state index contributed by atoms with van der Waals surface area (Å²) in [6.07, 6.45) is 1.72. The number of furan rings is 1. The van der Waals surface area contributed by atoms with Crippen molar-refractivity contribution in [3.05, 3.63) is 85.9 Å². The Morgan fingerprint density at radius 1 is 1.00 bits per heavy atom. The molecule has 0 saturated carbocycles. The zero-order chi connectivity index (χ0) is 23.7. The van der Waals surface area contributed by atoms with E-state index in [9.17, 15) is 14.9 Å². The number of hydrogen-bond acceptors (Lipinski definition) is 7. The smallest absolute Gasteiger partial charge is 0.292 e. The maximum absolute atomic E-state index is 12.5. The topological polar surface area (TPSA) is 92.2 Å². The number of para-hydroxylation sites is 2. The van der Waals surface area contributed by atoms with E-state index in [0.717, 1.165) is 15.8 Å². The van der Waals surface area contributed by atoms with Crippen molar-refractivity contribution < 1.29 is 14.1 Å². The lowest BCUT2D eigenvalue weighted by molar-refractivity contribution is -0.384. The van der Waals surface area contributed by atoms with E-state index < -0.39 is 0 Å². The summed E-state index contributed by atoms with van der Waals surface area (Å²) < 4.78 is 6.90. The summed E-state index contributed by atoms with van der Waals surface area (Å²) in [4.78, 5) is 32.3. The molecular weight excluding hydrogens is 520 g/mol. The van der Waals surface area contributed by atoms with E-state index in [1.807, 2.05) is 46.2 Å². The summed E-state index contributed by atoms with van der Waals surface area (Å²) in [5.41, 5.74) is 1.67. The van der Waals surface area contributed by atoms with Crippen LogP contribution in [0.1, 0.15) is 5.76 Å². The number of nitro benzene ring substituents is 1. The maximum atomic E-state index is 12.5. The van der Waals surface area contributed by atoms with E-state index in [2.05, 4.69) is 20.9 Å². The maximum Gasteiger partial charge on any atom is 0.292 e. The third-order valence-corrected chi connectivity index (χ3v) is 7.18. The highest BCUT2D eigenvalue weighted by atomic mass is 79.9. The average Bonchev–Trinajstić information content (AvgIpc) is 3.47. The number of aliphatic imine (C=N–C) groups is 1. The highest BCUT2D eigenvalue weighted by Gasteiger charge is 2.30. The van der Waals surface area contributed by atoms with E-state index in [1.165, 1.54) is 17.8 Å². The molecule has 5 rings (SSSR count). The molecule has 10 heteroatoms. The zero-order valence-corrected chi connectivity index (χ0v) is 20.3. The Morgan fingerprint density at radius 2 is 1.71 bits per heavy atom. The van der Waals surface area contributed by atoms with Gasteiger partial charge < -0.3 is 14.2 Å². The number of carbonyl (C=O) groups excluding carboxylic acids is 1. The first kappa shape index (κ1) is 22.4. The molecule has 3 heterocycles. The van der Waals surface area contributed by atoms with Crippen molar-refractivity contribution in [2.45, 2.75) is 0 Å². The second-order valence-corrected chi connectivity index (χ2v) is 9.66. The van der Waals surface area contributed by atoms with Crippen molar-refractivity contribution in [1.82, 2.24) is 4.90 Å². The normalized spacial score (nSPS) is 17.4. The lowest BCUT2D eigenvalue weighted by Crippen LogP contribution is -2.48. The highest BCUT2D eigenvalue weighted by molar-refractivity contribution is 9.10. The molecule has 2 aliphatic heterocycles. The first-order valence-corrected chi connectivity index (χ1v) is 12.2. The Hall–Kier alpha value is -3.37. The highest BCUT2D eigenvalue weighted by Crippen LogP contribution is 2.33. The largest absolute Gasteiger partial charge is 0.457 e. The number of amides is 1. The van der Waals surface area contributed by atoms with Crippen LogP contribution in [0.5, 0.6) is 0 Å². The molecule has 2 aliphatic rings. The minimum atomic E-state index is -0.356. The van der Waals surface area contributed by atoms with Gasteiger partial charge in [0.05, 0.1) is 9.83 Å². The summed E-state index contributed by atoms with van der Waals surface area (Å²) in [5, 5.41) is 12.0. The molecule has 8 nitrogen and oxygen atoms in total. The molecular formula is C24H19BrN4O4S. The lowest BCUT2D eigenvalue weighted by Gasteiger charge is -2.36. The van der Waals surface area contributed by atoms with Gasteiger partial charge in [-0.05, 0) is 42.1 Å². The van der Waals surface area contributed by atoms with Crippen LogP contribution in [0.3, 0.4) is 0 Å². The lowest BCUT2D eigenvalue weighted by atomic mass is 10.2. The summed E-state index contributed by atoms with van der Waals surface area (Å²) >= 11 is 4.75. The predicted molar refractivity (Wildman–Crippen MR) is 137 cm³/mol. The molecule has 0 atom stereocenters. The second kappa shape index (κ2) is 9.47. The number of hydrogen-bond donors (Lipinski definition) is 0. The van der Waals surface area contributed by atoms with Crippen molar-refractivity contribution in [2.75, 3.05) is 31.1 Å². The van der Waals surface area contributed by atoms with Crippen LogP contribution in [-0.2, 0) is 4.79 Å². The van der Waals surface area contributed by atoms with Gasteiger partial charge in [-0.15, -0.1) is 0 Å². The number of rotatable bonds is 4. The van der Waals surface area contributed by atoms with E-state index >= 15 is 0 Å². The Kier molecular flexibility index (Phi) is 6.25. The van der Waals surface area contributed by atoms with Gasteiger partial charge in [0.1, 0.15) is 17.2 Å². The molecule has 34 heavy (non-hydrogen) atoms. The Morgan fingerprint density at radius 3 is 2.44 bits per heavy atom. The zero-order valence-electron chi connectivity index (χ0n) is 17.9. The van der Waals surface area contributed by atoms with Gasteiger partial charge in [0.2, 0.25) is 0 Å². The fraction of sp³-hybridized carbons (Fsp3) is 0.167. The van der Waals surface area contributed by atoms with Crippen LogP contribution in [0.25, 0.3) is 17.4 Å². The molecule has 0 spiro atoms. The van der Waals surface area contributed by atoms with E-state index in [4.69, 9.17) is 4.42 Å². The van der Waals surface area contributed by atoms with Crippen LogP contribution in [0, 0.1) is 10.1 Å². The van der Waals surface area contributed by atoms with Gasteiger partial charge in [0, 0.05) is 48.4 Å². The summed E-state index contributed by atoms with van der Waals surface area (Å²) in [5.74, 6) is 1.02. The molecule has 2 aromatic carbocycles. The minimum absolute atomic E-state index is 0.102. The third kappa shape index (κ3) is 4.64. The Labute approximate surface area is 208 Å². The fourth-order valence-corrected chi connectivity index (χ4v) is 5.10. The molecule has 1 fully saturated rings. The van der Waals surface area contributed by atoms with Gasteiger partial charge in [-0.1, -0.05) is 40.2 Å². The molecule has 0 unspecified atom stereocenters. The van der Waals surface area contributed by atoms with Crippen molar-refractivity contribution in [1.29, 1.82) is 0 Å². The quantitative estimate of drug-likeness (QED) is 0.249. The SMILES string of the molecule is O=C1N=C(N2CCN(c3ccccc3[N+](=O)[O-])CC2)S/C1=C/c1ccc(-c2ccc(Br)cc2)o1. The second-order valence-electron chi connectivity index (χ2n) is 7.74. The van der Waals surface area contributed by atoms with Crippen LogP contribution in [0.15, 0.2) is 79.5 Å². The van der Waals surface area contributed by atoms with Gasteiger partial charge in [-0.2, -0.15) is 4.99 Å².